The van der Waals surface area contributed by atoms with E-state index in [0.29, 0.717) is 5.13 Å². The Balaban J connectivity index is 2.17. The molecule has 0 atom stereocenters. The summed E-state index contributed by atoms with van der Waals surface area (Å²) in [5.41, 5.74) is 0.910. The number of carbonyl (C=O) groups is 1. The molecule has 0 aliphatic heterocycles. The van der Waals surface area contributed by atoms with Crippen LogP contribution >= 0.6 is 11.3 Å². The van der Waals surface area contributed by atoms with Gasteiger partial charge in [-0.15, -0.1) is 11.3 Å². The van der Waals surface area contributed by atoms with Gasteiger partial charge in [0.05, 0.1) is 5.69 Å². The summed E-state index contributed by atoms with van der Waals surface area (Å²) in [7, 11) is 0. The molecule has 0 aromatic carbocycles. The molecule has 2 aromatic heterocycles. The zero-order chi connectivity index (χ0) is 12.4. The molecule has 1 N–H and O–H groups in total. The van der Waals surface area contributed by atoms with E-state index in [-0.39, 0.29) is 5.69 Å². The number of pyridine rings is 1. The van der Waals surface area contributed by atoms with Crippen molar-refractivity contribution in [2.75, 3.05) is 5.32 Å². The molecular formula is C11H10FN3OS. The van der Waals surface area contributed by atoms with Crippen LogP contribution in [0.2, 0.25) is 0 Å². The van der Waals surface area contributed by atoms with Gasteiger partial charge >= 0.3 is 0 Å². The molecule has 0 saturated heterocycles. The van der Waals surface area contributed by atoms with Crippen molar-refractivity contribution < 1.29 is 9.18 Å². The topological polar surface area (TPSA) is 54.9 Å². The van der Waals surface area contributed by atoms with E-state index >= 15 is 0 Å². The molecule has 1 amide bonds. The van der Waals surface area contributed by atoms with Gasteiger partial charge in [-0.05, 0) is 26.0 Å². The van der Waals surface area contributed by atoms with E-state index in [2.05, 4.69) is 15.3 Å². The standard InChI is InChI=1S/C11H10FN3OS/c1-6-7(2)17-11(13-6)15-10(16)8-4-3-5-9(12)14-8/h3-5H,1-2H3,(H,13,15,16). The normalized spacial score (nSPS) is 10.3. The van der Waals surface area contributed by atoms with Gasteiger partial charge in [-0.25, -0.2) is 9.97 Å². The van der Waals surface area contributed by atoms with Crippen molar-refractivity contribution in [3.05, 3.63) is 40.4 Å². The third-order valence-electron chi connectivity index (χ3n) is 2.20. The van der Waals surface area contributed by atoms with Gasteiger partial charge in [0, 0.05) is 4.88 Å². The zero-order valence-corrected chi connectivity index (χ0v) is 10.1. The van der Waals surface area contributed by atoms with Crippen molar-refractivity contribution in [3.63, 3.8) is 0 Å². The van der Waals surface area contributed by atoms with E-state index < -0.39 is 11.9 Å². The molecule has 17 heavy (non-hydrogen) atoms. The summed E-state index contributed by atoms with van der Waals surface area (Å²) in [6.45, 7) is 3.78. The molecule has 0 saturated carbocycles. The Morgan fingerprint density at radius 3 is 2.71 bits per heavy atom. The molecule has 0 aliphatic carbocycles. The second kappa shape index (κ2) is 4.58. The highest BCUT2D eigenvalue weighted by Gasteiger charge is 2.11. The summed E-state index contributed by atoms with van der Waals surface area (Å²) in [4.78, 5) is 20.4. The molecule has 2 heterocycles. The molecule has 0 aliphatic rings. The Morgan fingerprint density at radius 1 is 1.35 bits per heavy atom. The number of hydrogen-bond donors (Lipinski definition) is 1. The number of aryl methyl sites for hydroxylation is 2. The van der Waals surface area contributed by atoms with Crippen molar-refractivity contribution in [2.24, 2.45) is 0 Å². The third kappa shape index (κ3) is 2.65. The average Bonchev–Trinajstić information content (AvgIpc) is 2.58. The largest absolute Gasteiger partial charge is 0.296 e. The molecule has 0 fully saturated rings. The second-order valence-electron chi connectivity index (χ2n) is 3.46. The smallest absolute Gasteiger partial charge is 0.276 e. The third-order valence-corrected chi connectivity index (χ3v) is 3.19. The summed E-state index contributed by atoms with van der Waals surface area (Å²) in [6, 6.07) is 4.08. The molecular weight excluding hydrogens is 241 g/mol. The first-order valence-electron chi connectivity index (χ1n) is 4.94. The van der Waals surface area contributed by atoms with Crippen LogP contribution in [0.3, 0.4) is 0 Å². The lowest BCUT2D eigenvalue weighted by Crippen LogP contribution is -2.13. The lowest BCUT2D eigenvalue weighted by atomic mass is 10.3. The summed E-state index contributed by atoms with van der Waals surface area (Å²) in [5.74, 6) is -1.14. The Labute approximate surface area is 102 Å². The van der Waals surface area contributed by atoms with E-state index in [1.54, 1.807) is 0 Å². The Kier molecular flexibility index (Phi) is 3.14. The lowest BCUT2D eigenvalue weighted by molar-refractivity contribution is 0.102. The number of thiazole rings is 1. The highest BCUT2D eigenvalue weighted by Crippen LogP contribution is 2.21. The number of nitrogens with one attached hydrogen (secondary N) is 1. The first-order chi connectivity index (χ1) is 8.06. The van der Waals surface area contributed by atoms with Gasteiger partial charge in [-0.1, -0.05) is 6.07 Å². The van der Waals surface area contributed by atoms with E-state index in [4.69, 9.17) is 0 Å². The number of anilines is 1. The molecule has 88 valence electrons. The Hall–Kier alpha value is -1.82. The SMILES string of the molecule is Cc1nc(NC(=O)c2cccc(F)n2)sc1C. The Morgan fingerprint density at radius 2 is 2.12 bits per heavy atom. The van der Waals surface area contributed by atoms with E-state index in [0.717, 1.165) is 10.6 Å². The molecule has 0 spiro atoms. The van der Waals surface area contributed by atoms with Crippen molar-refractivity contribution in [2.45, 2.75) is 13.8 Å². The molecule has 0 bridgehead atoms. The van der Waals surface area contributed by atoms with Crippen LogP contribution in [0.15, 0.2) is 18.2 Å². The van der Waals surface area contributed by atoms with Gasteiger partial charge in [-0.3, -0.25) is 10.1 Å². The monoisotopic (exact) mass is 251 g/mol. The Bertz CT molecular complexity index is 548. The number of nitrogens with zero attached hydrogens (tertiary/aromatic N) is 2. The number of halogens is 1. The fourth-order valence-corrected chi connectivity index (χ4v) is 2.03. The van der Waals surface area contributed by atoms with Crippen LogP contribution in [0, 0.1) is 19.8 Å². The highest BCUT2D eigenvalue weighted by atomic mass is 32.1. The number of hydrogen-bond acceptors (Lipinski definition) is 4. The maximum absolute atomic E-state index is 12.8. The van der Waals surface area contributed by atoms with Crippen LogP contribution in [-0.4, -0.2) is 15.9 Å². The predicted molar refractivity (Wildman–Crippen MR) is 63.7 cm³/mol. The quantitative estimate of drug-likeness (QED) is 0.834. The fourth-order valence-electron chi connectivity index (χ4n) is 1.22. The minimum absolute atomic E-state index is 0.0375. The molecule has 4 nitrogen and oxygen atoms in total. The summed E-state index contributed by atoms with van der Waals surface area (Å²) < 4.78 is 12.8. The maximum Gasteiger partial charge on any atom is 0.276 e. The second-order valence-corrected chi connectivity index (χ2v) is 4.66. The summed E-state index contributed by atoms with van der Waals surface area (Å²) in [5, 5.41) is 3.08. The first kappa shape index (κ1) is 11.7. The molecule has 2 rings (SSSR count). The van der Waals surface area contributed by atoms with Crippen LogP contribution < -0.4 is 5.32 Å². The molecule has 0 unspecified atom stereocenters. The average molecular weight is 251 g/mol. The van der Waals surface area contributed by atoms with E-state index in [1.807, 2.05) is 13.8 Å². The van der Waals surface area contributed by atoms with Gasteiger partial charge in [-0.2, -0.15) is 4.39 Å². The lowest BCUT2D eigenvalue weighted by Gasteiger charge is -2.00. The fraction of sp³-hybridized carbons (Fsp3) is 0.182. The molecule has 0 radical (unpaired) electrons. The predicted octanol–water partition coefficient (Wildman–Crippen LogP) is 2.55. The van der Waals surface area contributed by atoms with Crippen LogP contribution in [0.25, 0.3) is 0 Å². The van der Waals surface area contributed by atoms with Gasteiger partial charge in [0.15, 0.2) is 5.13 Å². The molecule has 6 heteroatoms. The number of rotatable bonds is 2. The van der Waals surface area contributed by atoms with E-state index in [1.165, 1.54) is 29.5 Å². The highest BCUT2D eigenvalue weighted by molar-refractivity contribution is 7.15. The zero-order valence-electron chi connectivity index (χ0n) is 9.32. The van der Waals surface area contributed by atoms with Gasteiger partial charge in [0.2, 0.25) is 5.95 Å². The number of amides is 1. The van der Waals surface area contributed by atoms with Crippen LogP contribution in [0.1, 0.15) is 21.1 Å². The first-order valence-corrected chi connectivity index (χ1v) is 5.76. The van der Waals surface area contributed by atoms with Gasteiger partial charge in [0.25, 0.3) is 5.91 Å². The molecule has 2 aromatic rings. The van der Waals surface area contributed by atoms with Crippen molar-refractivity contribution in [3.8, 4) is 0 Å². The van der Waals surface area contributed by atoms with Crippen LogP contribution in [0.5, 0.6) is 0 Å². The summed E-state index contributed by atoms with van der Waals surface area (Å²) >= 11 is 1.38. The maximum atomic E-state index is 12.8. The minimum atomic E-state index is -0.677. The van der Waals surface area contributed by atoms with Crippen molar-refractivity contribution >= 4 is 22.4 Å². The van der Waals surface area contributed by atoms with E-state index in [9.17, 15) is 9.18 Å². The van der Waals surface area contributed by atoms with Crippen molar-refractivity contribution in [1.29, 1.82) is 0 Å². The minimum Gasteiger partial charge on any atom is -0.296 e. The van der Waals surface area contributed by atoms with Crippen LogP contribution in [0.4, 0.5) is 9.52 Å². The number of aromatic nitrogens is 2. The van der Waals surface area contributed by atoms with Gasteiger partial charge in [0.1, 0.15) is 5.69 Å². The van der Waals surface area contributed by atoms with Gasteiger partial charge < -0.3 is 0 Å². The van der Waals surface area contributed by atoms with Crippen molar-refractivity contribution in [1.82, 2.24) is 9.97 Å². The van der Waals surface area contributed by atoms with Crippen LogP contribution in [-0.2, 0) is 0 Å². The summed E-state index contributed by atoms with van der Waals surface area (Å²) in [6.07, 6.45) is 0. The number of carbonyl (C=O) groups excluding carboxylic acids is 1.